The number of amides is 1. The molecule has 2 aromatic rings. The number of aryl methyl sites for hydroxylation is 1. The van der Waals surface area contributed by atoms with Gasteiger partial charge in [-0.05, 0) is 66.6 Å². The van der Waals surface area contributed by atoms with Crippen LogP contribution in [0.15, 0.2) is 36.4 Å². The van der Waals surface area contributed by atoms with Gasteiger partial charge in [0, 0.05) is 17.9 Å². The summed E-state index contributed by atoms with van der Waals surface area (Å²) in [6.07, 6.45) is 2.33. The van der Waals surface area contributed by atoms with E-state index in [1.54, 1.807) is 0 Å². The first-order valence-corrected chi connectivity index (χ1v) is 11.2. The molecule has 1 amide bonds. The Morgan fingerprint density at radius 2 is 1.58 bits per heavy atom. The second-order valence-electron chi connectivity index (χ2n) is 8.95. The van der Waals surface area contributed by atoms with Crippen LogP contribution in [0.25, 0.3) is 11.1 Å². The third-order valence-corrected chi connectivity index (χ3v) is 7.47. The number of hydrogen-bond donors (Lipinski definition) is 1. The summed E-state index contributed by atoms with van der Waals surface area (Å²) in [6, 6.07) is 11.7. The number of carbonyl (C=O) groups excluding carboxylic acids is 2. The van der Waals surface area contributed by atoms with Crippen LogP contribution in [-0.4, -0.2) is 36.2 Å². The van der Waals surface area contributed by atoms with E-state index in [1.807, 2.05) is 50.2 Å². The summed E-state index contributed by atoms with van der Waals surface area (Å²) in [6.45, 7) is 5.14. The molecule has 3 aliphatic rings. The summed E-state index contributed by atoms with van der Waals surface area (Å²) < 4.78 is 11.6. The Hall–Kier alpha value is -2.21. The van der Waals surface area contributed by atoms with Crippen LogP contribution in [-0.2, 0) is 19.1 Å². The summed E-state index contributed by atoms with van der Waals surface area (Å²) in [5, 5.41) is 3.75. The van der Waals surface area contributed by atoms with Gasteiger partial charge in [-0.1, -0.05) is 35.9 Å². The van der Waals surface area contributed by atoms with E-state index in [-0.39, 0.29) is 11.7 Å². The fraction of sp³-hybridized carbons (Fsp3) is 0.440. The van der Waals surface area contributed by atoms with Gasteiger partial charge in [-0.2, -0.15) is 0 Å². The Bertz CT molecular complexity index is 1050. The maximum atomic E-state index is 13.7. The summed E-state index contributed by atoms with van der Waals surface area (Å²) in [4.78, 5) is 26.9. The van der Waals surface area contributed by atoms with Crippen LogP contribution >= 0.6 is 11.6 Å². The molecule has 2 saturated heterocycles. The largest absolute Gasteiger partial charge is 0.348 e. The topological polar surface area (TPSA) is 64.6 Å². The number of Topliss-reactive ketones (excluding diaryl/α,β-unsaturated/α-hetero) is 1. The first kappa shape index (κ1) is 20.7. The molecule has 5 rings (SSSR count). The smallest absolute Gasteiger partial charge is 0.235 e. The molecule has 1 atom stereocenters. The van der Waals surface area contributed by atoms with Gasteiger partial charge in [0.1, 0.15) is 11.5 Å². The van der Waals surface area contributed by atoms with Crippen LogP contribution in [0.5, 0.6) is 0 Å². The average molecular weight is 440 g/mol. The third kappa shape index (κ3) is 3.30. The maximum Gasteiger partial charge on any atom is 0.235 e. The average Bonchev–Trinajstić information content (AvgIpc) is 3.30. The lowest BCUT2D eigenvalue weighted by atomic mass is 9.73. The van der Waals surface area contributed by atoms with E-state index >= 15 is 0 Å². The fourth-order valence-electron chi connectivity index (χ4n) is 5.49. The van der Waals surface area contributed by atoms with E-state index in [1.165, 1.54) is 0 Å². The van der Waals surface area contributed by atoms with E-state index in [0.717, 1.165) is 27.8 Å². The standard InChI is InChI=1S/C25H26ClNO4/c1-15-3-8-19(17-4-6-18(26)7-5-17)16(2)20(15)21-22(28)24(27-23(21)29)9-11-25(12-10-24)30-13-14-31-25/h3-8,21H,9-14H2,1-2H3,(H,27,29). The lowest BCUT2D eigenvalue weighted by Gasteiger charge is -2.40. The van der Waals surface area contributed by atoms with Crippen molar-refractivity contribution in [1.82, 2.24) is 5.32 Å². The molecule has 3 fully saturated rings. The van der Waals surface area contributed by atoms with Gasteiger partial charge in [-0.15, -0.1) is 0 Å². The van der Waals surface area contributed by atoms with Gasteiger partial charge < -0.3 is 14.8 Å². The zero-order chi connectivity index (χ0) is 21.8. The summed E-state index contributed by atoms with van der Waals surface area (Å²) in [5.41, 5.74) is 3.93. The van der Waals surface area contributed by atoms with Crippen molar-refractivity contribution in [2.24, 2.45) is 0 Å². The molecule has 1 N–H and O–H groups in total. The Balaban J connectivity index is 1.49. The Morgan fingerprint density at radius 3 is 2.23 bits per heavy atom. The number of halogens is 1. The van der Waals surface area contributed by atoms with Gasteiger partial charge in [-0.3, -0.25) is 9.59 Å². The van der Waals surface area contributed by atoms with Gasteiger partial charge in [-0.25, -0.2) is 0 Å². The third-order valence-electron chi connectivity index (χ3n) is 7.21. The molecule has 0 radical (unpaired) electrons. The number of benzene rings is 2. The number of carbonyl (C=O) groups is 2. The van der Waals surface area contributed by atoms with Crippen molar-refractivity contribution in [2.75, 3.05) is 13.2 Å². The predicted octanol–water partition coefficient (Wildman–Crippen LogP) is 4.46. The van der Waals surface area contributed by atoms with Crippen LogP contribution in [0.3, 0.4) is 0 Å². The van der Waals surface area contributed by atoms with E-state index < -0.39 is 17.2 Å². The summed E-state index contributed by atoms with van der Waals surface area (Å²) >= 11 is 6.05. The van der Waals surface area contributed by atoms with Crippen molar-refractivity contribution in [3.8, 4) is 11.1 Å². The Kier molecular flexibility index (Phi) is 4.96. The highest BCUT2D eigenvalue weighted by Crippen LogP contribution is 2.46. The van der Waals surface area contributed by atoms with E-state index in [4.69, 9.17) is 21.1 Å². The first-order valence-electron chi connectivity index (χ1n) is 10.8. The maximum absolute atomic E-state index is 13.7. The quantitative estimate of drug-likeness (QED) is 0.701. The summed E-state index contributed by atoms with van der Waals surface area (Å²) in [7, 11) is 0. The lowest BCUT2D eigenvalue weighted by Crippen LogP contribution is -2.53. The second-order valence-corrected chi connectivity index (χ2v) is 9.39. The van der Waals surface area contributed by atoms with E-state index in [9.17, 15) is 9.59 Å². The normalized spacial score (nSPS) is 24.2. The molecular formula is C25H26ClNO4. The van der Waals surface area contributed by atoms with Crippen molar-refractivity contribution >= 4 is 23.3 Å². The molecule has 1 saturated carbocycles. The molecule has 162 valence electrons. The molecule has 1 unspecified atom stereocenters. The highest BCUT2D eigenvalue weighted by atomic mass is 35.5. The molecule has 2 aromatic carbocycles. The number of rotatable bonds is 2. The molecule has 6 heteroatoms. The van der Waals surface area contributed by atoms with Crippen LogP contribution < -0.4 is 5.32 Å². The van der Waals surface area contributed by atoms with Crippen LogP contribution in [0.1, 0.15) is 48.3 Å². The Labute approximate surface area is 187 Å². The van der Waals surface area contributed by atoms with Gasteiger partial charge in [0.05, 0.1) is 13.2 Å². The molecule has 1 aliphatic carbocycles. The Morgan fingerprint density at radius 1 is 0.935 bits per heavy atom. The minimum atomic E-state index is -0.822. The molecule has 0 bridgehead atoms. The highest BCUT2D eigenvalue weighted by Gasteiger charge is 2.57. The molecule has 5 nitrogen and oxygen atoms in total. The van der Waals surface area contributed by atoms with Crippen molar-refractivity contribution in [3.63, 3.8) is 0 Å². The van der Waals surface area contributed by atoms with Crippen LogP contribution in [0.4, 0.5) is 0 Å². The van der Waals surface area contributed by atoms with Crippen molar-refractivity contribution in [3.05, 3.63) is 58.1 Å². The fourth-order valence-corrected chi connectivity index (χ4v) is 5.62. The van der Waals surface area contributed by atoms with Crippen molar-refractivity contribution < 1.29 is 19.1 Å². The zero-order valence-electron chi connectivity index (χ0n) is 17.8. The van der Waals surface area contributed by atoms with Crippen LogP contribution in [0.2, 0.25) is 5.02 Å². The van der Waals surface area contributed by atoms with E-state index in [0.29, 0.717) is 43.9 Å². The zero-order valence-corrected chi connectivity index (χ0v) is 18.6. The second kappa shape index (κ2) is 7.44. The molecule has 2 aliphatic heterocycles. The number of hydrogen-bond acceptors (Lipinski definition) is 4. The molecule has 31 heavy (non-hydrogen) atoms. The first-order chi connectivity index (χ1) is 14.8. The van der Waals surface area contributed by atoms with Crippen LogP contribution in [0, 0.1) is 13.8 Å². The minimum absolute atomic E-state index is 0.0233. The van der Waals surface area contributed by atoms with Gasteiger partial charge in [0.25, 0.3) is 0 Å². The number of ether oxygens (including phenoxy) is 2. The highest BCUT2D eigenvalue weighted by molar-refractivity contribution is 6.30. The summed E-state index contributed by atoms with van der Waals surface area (Å²) in [5.74, 6) is -1.58. The number of ketones is 1. The monoisotopic (exact) mass is 439 g/mol. The van der Waals surface area contributed by atoms with E-state index in [2.05, 4.69) is 5.32 Å². The van der Waals surface area contributed by atoms with Gasteiger partial charge in [0.2, 0.25) is 5.91 Å². The SMILES string of the molecule is Cc1ccc(-c2ccc(Cl)cc2)c(C)c1C1C(=O)NC2(CCC3(CC2)OCCO3)C1=O. The van der Waals surface area contributed by atoms with Crippen molar-refractivity contribution in [2.45, 2.75) is 56.8 Å². The lowest BCUT2D eigenvalue weighted by molar-refractivity contribution is -0.186. The number of nitrogens with one attached hydrogen (secondary N) is 1. The molecular weight excluding hydrogens is 414 g/mol. The predicted molar refractivity (Wildman–Crippen MR) is 118 cm³/mol. The van der Waals surface area contributed by atoms with Gasteiger partial charge in [0.15, 0.2) is 11.6 Å². The van der Waals surface area contributed by atoms with Crippen molar-refractivity contribution in [1.29, 1.82) is 0 Å². The molecule has 0 aromatic heterocycles. The molecule has 2 spiro atoms. The minimum Gasteiger partial charge on any atom is -0.348 e. The van der Waals surface area contributed by atoms with Gasteiger partial charge >= 0.3 is 0 Å². The molecule has 2 heterocycles.